The van der Waals surface area contributed by atoms with Crippen LogP contribution in [-0.4, -0.2) is 84.4 Å². The largest absolute Gasteiger partial charge is 0.490 e. The Hall–Kier alpha value is -2.59. The summed E-state index contributed by atoms with van der Waals surface area (Å²) in [6.45, 7) is 4.95. The Bertz CT molecular complexity index is 914. The number of alkyl halides is 3. The van der Waals surface area contributed by atoms with E-state index in [1.165, 1.54) is 0 Å². The summed E-state index contributed by atoms with van der Waals surface area (Å²) in [5, 5.41) is 8.21. The van der Waals surface area contributed by atoms with Gasteiger partial charge < -0.3 is 24.6 Å². The number of carboxylic acids is 1. The van der Waals surface area contributed by atoms with Crippen LogP contribution in [0.3, 0.4) is 0 Å². The highest BCUT2D eigenvalue weighted by molar-refractivity contribution is 5.98. The summed E-state index contributed by atoms with van der Waals surface area (Å²) in [4.78, 5) is 29.4. The van der Waals surface area contributed by atoms with E-state index in [1.807, 2.05) is 35.4 Å². The fourth-order valence-electron chi connectivity index (χ4n) is 3.94. The van der Waals surface area contributed by atoms with E-state index in [0.717, 1.165) is 49.1 Å². The van der Waals surface area contributed by atoms with Crippen molar-refractivity contribution >= 4 is 22.8 Å². The van der Waals surface area contributed by atoms with Gasteiger partial charge in [0, 0.05) is 47.7 Å². The van der Waals surface area contributed by atoms with Crippen molar-refractivity contribution in [2.75, 3.05) is 46.4 Å². The van der Waals surface area contributed by atoms with Crippen LogP contribution in [0.2, 0.25) is 0 Å². The number of ether oxygens (including phenoxy) is 1. The Kier molecular flexibility index (Phi) is 6.37. The van der Waals surface area contributed by atoms with E-state index in [4.69, 9.17) is 14.6 Å². The number of rotatable bonds is 1. The average molecular weight is 427 g/mol. The van der Waals surface area contributed by atoms with E-state index in [2.05, 4.69) is 16.9 Å². The molecule has 10 heteroatoms. The number of hydrogen-bond donors (Lipinski definition) is 2. The third-order valence-corrected chi connectivity index (χ3v) is 5.40. The second-order valence-corrected chi connectivity index (χ2v) is 7.85. The summed E-state index contributed by atoms with van der Waals surface area (Å²) in [5.41, 5.74) is 1.93. The van der Waals surface area contributed by atoms with Crippen molar-refractivity contribution in [1.29, 1.82) is 0 Å². The lowest BCUT2D eigenvalue weighted by Crippen LogP contribution is -2.43. The van der Waals surface area contributed by atoms with E-state index < -0.39 is 12.1 Å². The zero-order valence-electron chi connectivity index (χ0n) is 16.5. The van der Waals surface area contributed by atoms with Gasteiger partial charge >= 0.3 is 12.1 Å². The predicted octanol–water partition coefficient (Wildman–Crippen LogP) is 2.60. The molecule has 3 heterocycles. The molecule has 2 saturated heterocycles. The molecule has 2 N–H and O–H groups in total. The highest BCUT2D eigenvalue weighted by atomic mass is 19.4. The number of aromatic amines is 1. The highest BCUT2D eigenvalue weighted by Gasteiger charge is 2.41. The van der Waals surface area contributed by atoms with Gasteiger partial charge in [-0.25, -0.2) is 4.79 Å². The van der Waals surface area contributed by atoms with Crippen molar-refractivity contribution in [2.45, 2.75) is 12.6 Å². The summed E-state index contributed by atoms with van der Waals surface area (Å²) >= 11 is 0. The Labute approximate surface area is 171 Å². The molecule has 2 aromatic rings. The first kappa shape index (κ1) is 22.1. The molecule has 0 saturated carbocycles. The number of aliphatic carboxylic acids is 1. The molecule has 164 valence electrons. The fourth-order valence-corrected chi connectivity index (χ4v) is 3.94. The van der Waals surface area contributed by atoms with Crippen molar-refractivity contribution < 1.29 is 32.6 Å². The van der Waals surface area contributed by atoms with Gasteiger partial charge in [0.1, 0.15) is 0 Å². The molecule has 0 aliphatic carbocycles. The van der Waals surface area contributed by atoms with Gasteiger partial charge in [0.05, 0.1) is 13.2 Å². The zero-order valence-corrected chi connectivity index (χ0v) is 16.5. The molecule has 1 aromatic carbocycles. The van der Waals surface area contributed by atoms with Crippen LogP contribution in [0.5, 0.6) is 0 Å². The van der Waals surface area contributed by atoms with E-state index in [0.29, 0.717) is 13.2 Å². The summed E-state index contributed by atoms with van der Waals surface area (Å²) < 4.78 is 37.6. The van der Waals surface area contributed by atoms with Gasteiger partial charge in [0.2, 0.25) is 0 Å². The molecule has 30 heavy (non-hydrogen) atoms. The maximum Gasteiger partial charge on any atom is 0.490 e. The lowest BCUT2D eigenvalue weighted by molar-refractivity contribution is -0.192. The molecule has 1 spiro atoms. The summed E-state index contributed by atoms with van der Waals surface area (Å²) in [6.07, 6.45) is -2.08. The SMILES string of the molecule is CN1CCC2(COCCN(C(=O)c3ccc4[nH]ccc4c3)C2)C1.O=C(O)C(F)(F)F. The van der Waals surface area contributed by atoms with Crippen molar-refractivity contribution in [3.8, 4) is 0 Å². The molecule has 1 aromatic heterocycles. The number of carbonyl (C=O) groups is 2. The molecule has 1 atom stereocenters. The van der Waals surface area contributed by atoms with Crippen LogP contribution >= 0.6 is 0 Å². The van der Waals surface area contributed by atoms with Crippen molar-refractivity contribution in [1.82, 2.24) is 14.8 Å². The highest BCUT2D eigenvalue weighted by Crippen LogP contribution is 2.33. The summed E-state index contributed by atoms with van der Waals surface area (Å²) in [6, 6.07) is 7.88. The van der Waals surface area contributed by atoms with Crippen LogP contribution in [0, 0.1) is 5.41 Å². The molecule has 0 bridgehead atoms. The Balaban J connectivity index is 0.000000318. The normalized spacial score (nSPS) is 22.6. The summed E-state index contributed by atoms with van der Waals surface area (Å²) in [5.74, 6) is -2.64. The number of fused-ring (bicyclic) bond motifs is 1. The quantitative estimate of drug-likeness (QED) is 0.731. The number of nitrogens with zero attached hydrogens (tertiary/aromatic N) is 2. The molecular weight excluding hydrogens is 403 g/mol. The van der Waals surface area contributed by atoms with E-state index in [-0.39, 0.29) is 11.3 Å². The first-order chi connectivity index (χ1) is 14.1. The van der Waals surface area contributed by atoms with E-state index >= 15 is 0 Å². The molecule has 2 aliphatic rings. The monoisotopic (exact) mass is 427 g/mol. The number of amides is 1. The number of likely N-dealkylation sites (tertiary alicyclic amines) is 1. The number of hydrogen-bond acceptors (Lipinski definition) is 4. The second-order valence-electron chi connectivity index (χ2n) is 7.85. The van der Waals surface area contributed by atoms with Crippen molar-refractivity contribution in [3.05, 3.63) is 36.0 Å². The Morgan fingerprint density at radius 2 is 1.93 bits per heavy atom. The number of nitrogens with one attached hydrogen (secondary N) is 1. The molecule has 2 fully saturated rings. The minimum atomic E-state index is -5.08. The third kappa shape index (κ3) is 5.11. The Morgan fingerprint density at radius 3 is 2.57 bits per heavy atom. The number of aromatic nitrogens is 1. The first-order valence-corrected chi connectivity index (χ1v) is 9.52. The molecule has 4 rings (SSSR count). The number of carboxylic acid groups (broad SMARTS) is 1. The van der Waals surface area contributed by atoms with Crippen LogP contribution in [0.25, 0.3) is 10.9 Å². The van der Waals surface area contributed by atoms with E-state index in [1.54, 1.807) is 0 Å². The fraction of sp³-hybridized carbons (Fsp3) is 0.500. The number of benzene rings is 1. The maximum atomic E-state index is 13.0. The second kappa shape index (κ2) is 8.65. The van der Waals surface area contributed by atoms with Crippen LogP contribution in [0.15, 0.2) is 30.5 Å². The van der Waals surface area contributed by atoms with Gasteiger partial charge in [-0.1, -0.05) is 0 Å². The minimum Gasteiger partial charge on any atom is -0.475 e. The smallest absolute Gasteiger partial charge is 0.475 e. The van der Waals surface area contributed by atoms with Gasteiger partial charge in [-0.15, -0.1) is 0 Å². The van der Waals surface area contributed by atoms with Gasteiger partial charge in [-0.05, 0) is 44.3 Å². The first-order valence-electron chi connectivity index (χ1n) is 9.52. The van der Waals surface area contributed by atoms with Crippen LogP contribution in [0.4, 0.5) is 13.2 Å². The molecule has 2 aliphatic heterocycles. The minimum absolute atomic E-state index is 0.0963. The number of H-pyrrole nitrogens is 1. The topological polar surface area (TPSA) is 85.9 Å². The Morgan fingerprint density at radius 1 is 1.20 bits per heavy atom. The maximum absolute atomic E-state index is 13.0. The van der Waals surface area contributed by atoms with Crippen LogP contribution in [-0.2, 0) is 9.53 Å². The molecule has 1 amide bonds. The standard InChI is InChI=1S/C18H23N3O2.C2HF3O2/c1-20-7-5-18(11-20)12-21(8-9-23-13-18)17(22)15-2-3-16-14(10-15)4-6-19-16;3-2(4,5)1(6)7/h2-4,6,10,19H,5,7-9,11-13H2,1H3;(H,6,7). The molecule has 1 unspecified atom stereocenters. The van der Waals surface area contributed by atoms with Crippen molar-refractivity contribution in [3.63, 3.8) is 0 Å². The molecular formula is C20H24F3N3O4. The van der Waals surface area contributed by atoms with E-state index in [9.17, 15) is 18.0 Å². The lowest BCUT2D eigenvalue weighted by Gasteiger charge is -2.31. The van der Waals surface area contributed by atoms with Crippen LogP contribution in [0.1, 0.15) is 16.8 Å². The zero-order chi connectivity index (χ0) is 21.9. The van der Waals surface area contributed by atoms with Gasteiger partial charge in [0.15, 0.2) is 0 Å². The molecule has 0 radical (unpaired) electrons. The molecule has 7 nitrogen and oxygen atoms in total. The van der Waals surface area contributed by atoms with Gasteiger partial charge in [-0.2, -0.15) is 13.2 Å². The lowest BCUT2D eigenvalue weighted by atomic mass is 9.87. The van der Waals surface area contributed by atoms with Gasteiger partial charge in [0.25, 0.3) is 5.91 Å². The summed E-state index contributed by atoms with van der Waals surface area (Å²) in [7, 11) is 2.14. The average Bonchev–Trinajstić information content (AvgIpc) is 3.23. The number of halogens is 3. The predicted molar refractivity (Wildman–Crippen MR) is 103 cm³/mol. The van der Waals surface area contributed by atoms with Crippen LogP contribution < -0.4 is 0 Å². The van der Waals surface area contributed by atoms with Gasteiger partial charge in [-0.3, -0.25) is 4.79 Å². The third-order valence-electron chi connectivity index (χ3n) is 5.40. The number of carbonyl (C=O) groups excluding carboxylic acids is 1. The van der Waals surface area contributed by atoms with Crippen molar-refractivity contribution in [2.24, 2.45) is 5.41 Å².